The van der Waals surface area contributed by atoms with Crippen LogP contribution in [0.4, 0.5) is 5.13 Å². The van der Waals surface area contributed by atoms with Gasteiger partial charge in [-0.15, -0.1) is 11.3 Å². The number of nitrogens with zero attached hydrogens (tertiary/aromatic N) is 3. The Labute approximate surface area is 104 Å². The molecule has 0 fully saturated rings. The van der Waals surface area contributed by atoms with Gasteiger partial charge in [-0.1, -0.05) is 6.92 Å². The summed E-state index contributed by atoms with van der Waals surface area (Å²) in [6.45, 7) is 2.08. The molecule has 0 aliphatic heterocycles. The SMILES string of the molecule is CCc1nc(N)sc1Cc1cc(OC)n(C)n1. The first-order chi connectivity index (χ1) is 8.13. The molecule has 6 heteroatoms. The maximum atomic E-state index is 5.73. The van der Waals surface area contributed by atoms with E-state index in [1.54, 1.807) is 11.8 Å². The second kappa shape index (κ2) is 4.75. The van der Waals surface area contributed by atoms with Crippen molar-refractivity contribution in [1.29, 1.82) is 0 Å². The molecule has 0 amide bonds. The predicted octanol–water partition coefficient (Wildman–Crippen LogP) is 1.62. The Morgan fingerprint density at radius 1 is 1.53 bits per heavy atom. The van der Waals surface area contributed by atoms with Crippen LogP contribution in [-0.4, -0.2) is 21.9 Å². The summed E-state index contributed by atoms with van der Waals surface area (Å²) < 4.78 is 6.92. The van der Waals surface area contributed by atoms with E-state index in [1.807, 2.05) is 13.1 Å². The second-order valence-corrected chi connectivity index (χ2v) is 4.87. The first-order valence-corrected chi connectivity index (χ1v) is 6.26. The van der Waals surface area contributed by atoms with Crippen LogP contribution in [0.25, 0.3) is 0 Å². The molecule has 0 saturated carbocycles. The zero-order valence-electron chi connectivity index (χ0n) is 10.2. The quantitative estimate of drug-likeness (QED) is 0.898. The molecule has 0 bridgehead atoms. The van der Waals surface area contributed by atoms with E-state index in [0.29, 0.717) is 5.13 Å². The van der Waals surface area contributed by atoms with E-state index in [9.17, 15) is 0 Å². The van der Waals surface area contributed by atoms with Crippen LogP contribution < -0.4 is 10.5 Å². The molecule has 0 radical (unpaired) electrons. The molecular formula is C11H16N4OS. The Bertz CT molecular complexity index is 518. The van der Waals surface area contributed by atoms with Gasteiger partial charge in [-0.25, -0.2) is 9.67 Å². The van der Waals surface area contributed by atoms with Crippen LogP contribution in [0.5, 0.6) is 5.88 Å². The molecule has 2 rings (SSSR count). The van der Waals surface area contributed by atoms with Crippen molar-refractivity contribution in [3.8, 4) is 5.88 Å². The molecule has 0 aliphatic carbocycles. The Hall–Kier alpha value is -1.56. The molecule has 0 atom stereocenters. The largest absolute Gasteiger partial charge is 0.481 e. The molecular weight excluding hydrogens is 236 g/mol. The molecule has 0 spiro atoms. The summed E-state index contributed by atoms with van der Waals surface area (Å²) in [5, 5.41) is 5.02. The molecule has 92 valence electrons. The van der Waals surface area contributed by atoms with Crippen LogP contribution in [0.2, 0.25) is 0 Å². The van der Waals surface area contributed by atoms with Crippen LogP contribution in [0.1, 0.15) is 23.2 Å². The van der Waals surface area contributed by atoms with Crippen LogP contribution in [0.3, 0.4) is 0 Å². The van der Waals surface area contributed by atoms with E-state index in [2.05, 4.69) is 17.0 Å². The average molecular weight is 252 g/mol. The lowest BCUT2D eigenvalue weighted by atomic mass is 10.2. The highest BCUT2D eigenvalue weighted by Gasteiger charge is 2.12. The lowest BCUT2D eigenvalue weighted by Crippen LogP contribution is -1.96. The first-order valence-electron chi connectivity index (χ1n) is 5.45. The Kier molecular flexibility index (Phi) is 3.33. The molecule has 2 aromatic heterocycles. The number of hydrogen-bond donors (Lipinski definition) is 1. The standard InChI is InChI=1S/C11H16N4OS/c1-4-8-9(17-11(12)13-8)5-7-6-10(16-3)15(2)14-7/h6H,4-5H2,1-3H3,(H2,12,13). The lowest BCUT2D eigenvalue weighted by molar-refractivity contribution is 0.373. The summed E-state index contributed by atoms with van der Waals surface area (Å²) in [7, 11) is 3.51. The first kappa shape index (κ1) is 11.9. The van der Waals surface area contributed by atoms with Gasteiger partial charge in [0.25, 0.3) is 0 Å². The van der Waals surface area contributed by atoms with E-state index in [1.165, 1.54) is 16.2 Å². The van der Waals surface area contributed by atoms with E-state index in [4.69, 9.17) is 10.5 Å². The minimum absolute atomic E-state index is 0.625. The number of nitrogens with two attached hydrogens (primary N) is 1. The van der Waals surface area contributed by atoms with E-state index < -0.39 is 0 Å². The minimum Gasteiger partial charge on any atom is -0.481 e. The summed E-state index contributed by atoms with van der Waals surface area (Å²) in [4.78, 5) is 5.49. The van der Waals surface area contributed by atoms with Crippen molar-refractivity contribution in [2.75, 3.05) is 12.8 Å². The zero-order chi connectivity index (χ0) is 12.4. The Balaban J connectivity index is 2.24. The maximum absolute atomic E-state index is 5.73. The fraction of sp³-hybridized carbons (Fsp3) is 0.455. The van der Waals surface area contributed by atoms with Crippen molar-refractivity contribution in [2.24, 2.45) is 7.05 Å². The molecule has 2 heterocycles. The van der Waals surface area contributed by atoms with Crippen molar-refractivity contribution in [3.05, 3.63) is 22.3 Å². The van der Waals surface area contributed by atoms with Crippen LogP contribution in [0.15, 0.2) is 6.07 Å². The molecule has 5 nitrogen and oxygen atoms in total. The van der Waals surface area contributed by atoms with Crippen molar-refractivity contribution < 1.29 is 4.74 Å². The van der Waals surface area contributed by atoms with E-state index >= 15 is 0 Å². The summed E-state index contributed by atoms with van der Waals surface area (Å²) in [6.07, 6.45) is 1.66. The number of nitrogen functional groups attached to an aromatic ring is 1. The van der Waals surface area contributed by atoms with Gasteiger partial charge >= 0.3 is 0 Å². The van der Waals surface area contributed by atoms with Gasteiger partial charge < -0.3 is 10.5 Å². The van der Waals surface area contributed by atoms with Crippen molar-refractivity contribution in [1.82, 2.24) is 14.8 Å². The molecule has 2 N–H and O–H groups in total. The molecule has 17 heavy (non-hydrogen) atoms. The molecule has 0 unspecified atom stereocenters. The van der Waals surface area contributed by atoms with Gasteiger partial charge in [-0.2, -0.15) is 5.10 Å². The monoisotopic (exact) mass is 252 g/mol. The third-order valence-corrected chi connectivity index (χ3v) is 3.49. The topological polar surface area (TPSA) is 66.0 Å². The van der Waals surface area contributed by atoms with Gasteiger partial charge in [0.15, 0.2) is 5.13 Å². The fourth-order valence-corrected chi connectivity index (χ4v) is 2.70. The van der Waals surface area contributed by atoms with Crippen LogP contribution in [-0.2, 0) is 19.9 Å². The number of aryl methyl sites for hydroxylation is 2. The third kappa shape index (κ3) is 2.41. The second-order valence-electron chi connectivity index (χ2n) is 3.75. The molecule has 2 aromatic rings. The Morgan fingerprint density at radius 3 is 2.88 bits per heavy atom. The average Bonchev–Trinajstić information content (AvgIpc) is 2.82. The number of rotatable bonds is 4. The Morgan fingerprint density at radius 2 is 2.29 bits per heavy atom. The third-order valence-electron chi connectivity index (χ3n) is 2.57. The molecule has 0 aliphatic rings. The van der Waals surface area contributed by atoms with E-state index in [0.717, 1.165) is 30.1 Å². The summed E-state index contributed by atoms with van der Waals surface area (Å²) in [5.74, 6) is 0.760. The fourth-order valence-electron chi connectivity index (χ4n) is 1.77. The van der Waals surface area contributed by atoms with E-state index in [-0.39, 0.29) is 0 Å². The highest BCUT2D eigenvalue weighted by atomic mass is 32.1. The number of thiazole rings is 1. The maximum Gasteiger partial charge on any atom is 0.211 e. The predicted molar refractivity (Wildman–Crippen MR) is 68.5 cm³/mol. The van der Waals surface area contributed by atoms with Crippen molar-refractivity contribution in [2.45, 2.75) is 19.8 Å². The lowest BCUT2D eigenvalue weighted by Gasteiger charge is -1.96. The number of hydrogen-bond acceptors (Lipinski definition) is 5. The molecule has 0 saturated heterocycles. The molecule has 0 aromatic carbocycles. The van der Waals surface area contributed by atoms with Gasteiger partial charge in [0.1, 0.15) is 0 Å². The summed E-state index contributed by atoms with van der Waals surface area (Å²) >= 11 is 1.53. The normalized spacial score (nSPS) is 10.8. The van der Waals surface area contributed by atoms with Gasteiger partial charge in [-0.3, -0.25) is 0 Å². The van der Waals surface area contributed by atoms with Gasteiger partial charge in [-0.05, 0) is 6.42 Å². The summed E-state index contributed by atoms with van der Waals surface area (Å²) in [6, 6.07) is 1.94. The van der Waals surface area contributed by atoms with Gasteiger partial charge in [0.2, 0.25) is 5.88 Å². The number of aromatic nitrogens is 3. The van der Waals surface area contributed by atoms with Gasteiger partial charge in [0, 0.05) is 24.4 Å². The van der Waals surface area contributed by atoms with Crippen molar-refractivity contribution >= 4 is 16.5 Å². The van der Waals surface area contributed by atoms with Crippen LogP contribution in [0, 0.1) is 0 Å². The number of methoxy groups -OCH3 is 1. The van der Waals surface area contributed by atoms with Crippen molar-refractivity contribution in [3.63, 3.8) is 0 Å². The number of anilines is 1. The highest BCUT2D eigenvalue weighted by molar-refractivity contribution is 7.15. The highest BCUT2D eigenvalue weighted by Crippen LogP contribution is 2.24. The smallest absolute Gasteiger partial charge is 0.211 e. The van der Waals surface area contributed by atoms with Crippen LogP contribution >= 0.6 is 11.3 Å². The number of ether oxygens (including phenoxy) is 1. The van der Waals surface area contributed by atoms with Gasteiger partial charge in [0.05, 0.1) is 18.5 Å². The zero-order valence-corrected chi connectivity index (χ0v) is 11.0. The minimum atomic E-state index is 0.625. The summed E-state index contributed by atoms with van der Waals surface area (Å²) in [5.41, 5.74) is 7.77.